The van der Waals surface area contributed by atoms with Crippen molar-refractivity contribution in [2.24, 2.45) is 16.9 Å². The molecule has 98 valence electrons. The van der Waals surface area contributed by atoms with Crippen LogP contribution >= 0.6 is 0 Å². The van der Waals surface area contributed by atoms with Gasteiger partial charge in [-0.1, -0.05) is 26.8 Å². The van der Waals surface area contributed by atoms with Gasteiger partial charge in [0, 0.05) is 11.3 Å². The Labute approximate surface area is 107 Å². The summed E-state index contributed by atoms with van der Waals surface area (Å²) >= 11 is 0. The van der Waals surface area contributed by atoms with E-state index in [1.54, 1.807) is 18.2 Å². The summed E-state index contributed by atoms with van der Waals surface area (Å²) in [5.41, 5.74) is 11.5. The number of benzene rings is 1. The van der Waals surface area contributed by atoms with Gasteiger partial charge < -0.3 is 16.8 Å². The molecule has 0 aliphatic rings. The van der Waals surface area contributed by atoms with Crippen LogP contribution in [-0.4, -0.2) is 17.9 Å². The second-order valence-corrected chi connectivity index (χ2v) is 5.28. The molecule has 0 spiro atoms. The normalized spacial score (nSPS) is 12.9. The molecule has 0 saturated carbocycles. The van der Waals surface area contributed by atoms with Crippen molar-refractivity contribution in [1.29, 1.82) is 0 Å². The molecule has 18 heavy (non-hydrogen) atoms. The van der Waals surface area contributed by atoms with Gasteiger partial charge in [-0.05, 0) is 23.6 Å². The fraction of sp³-hybridized carbons (Fsp3) is 0.385. The molecule has 0 aromatic heterocycles. The third-order valence-electron chi connectivity index (χ3n) is 2.63. The minimum absolute atomic E-state index is 0.288. The molecule has 2 amide bonds. The van der Waals surface area contributed by atoms with E-state index in [0.29, 0.717) is 11.3 Å². The Morgan fingerprint density at radius 1 is 1.28 bits per heavy atom. The largest absolute Gasteiger partial charge is 0.366 e. The summed E-state index contributed by atoms with van der Waals surface area (Å²) in [7, 11) is 0. The van der Waals surface area contributed by atoms with Crippen molar-refractivity contribution >= 4 is 17.5 Å². The van der Waals surface area contributed by atoms with E-state index in [2.05, 4.69) is 5.32 Å². The highest BCUT2D eigenvalue weighted by Gasteiger charge is 2.27. The summed E-state index contributed by atoms with van der Waals surface area (Å²) in [4.78, 5) is 22.9. The fourth-order valence-electron chi connectivity index (χ4n) is 1.36. The van der Waals surface area contributed by atoms with Crippen LogP contribution in [0.2, 0.25) is 0 Å². The number of nitrogens with one attached hydrogen (secondary N) is 1. The molecule has 1 aromatic rings. The Hall–Kier alpha value is -1.88. The Bertz CT molecular complexity index is 464. The van der Waals surface area contributed by atoms with E-state index >= 15 is 0 Å². The van der Waals surface area contributed by atoms with Crippen LogP contribution in [0.5, 0.6) is 0 Å². The van der Waals surface area contributed by atoms with E-state index < -0.39 is 11.9 Å². The van der Waals surface area contributed by atoms with Crippen LogP contribution in [0, 0.1) is 5.41 Å². The molecule has 0 heterocycles. The van der Waals surface area contributed by atoms with Gasteiger partial charge in [-0.25, -0.2) is 0 Å². The van der Waals surface area contributed by atoms with E-state index in [1.165, 1.54) is 6.07 Å². The van der Waals surface area contributed by atoms with Crippen molar-refractivity contribution < 1.29 is 9.59 Å². The molecule has 5 nitrogen and oxygen atoms in total. The monoisotopic (exact) mass is 249 g/mol. The molecule has 0 saturated heterocycles. The smallest absolute Gasteiger partial charge is 0.248 e. The molecule has 0 unspecified atom stereocenters. The third kappa shape index (κ3) is 3.56. The highest BCUT2D eigenvalue weighted by molar-refractivity contribution is 5.98. The molecule has 0 fully saturated rings. The summed E-state index contributed by atoms with van der Waals surface area (Å²) in [6.07, 6.45) is 0. The second-order valence-electron chi connectivity index (χ2n) is 5.28. The van der Waals surface area contributed by atoms with Crippen molar-refractivity contribution in [2.75, 3.05) is 5.32 Å². The number of carbonyl (C=O) groups is 2. The third-order valence-corrected chi connectivity index (χ3v) is 2.63. The number of hydrogen-bond acceptors (Lipinski definition) is 3. The average molecular weight is 249 g/mol. The molecule has 1 atom stereocenters. The Balaban J connectivity index is 2.82. The van der Waals surface area contributed by atoms with Gasteiger partial charge in [-0.15, -0.1) is 0 Å². The topological polar surface area (TPSA) is 98.2 Å². The van der Waals surface area contributed by atoms with Crippen LogP contribution in [-0.2, 0) is 4.79 Å². The number of carbonyl (C=O) groups excluding carboxylic acids is 2. The van der Waals surface area contributed by atoms with Gasteiger partial charge in [0.1, 0.15) is 0 Å². The molecule has 0 aliphatic heterocycles. The van der Waals surface area contributed by atoms with Crippen molar-refractivity contribution in [3.05, 3.63) is 29.8 Å². The number of primary amides is 1. The molecule has 1 rings (SSSR count). The summed E-state index contributed by atoms with van der Waals surface area (Å²) in [5.74, 6) is -0.824. The Morgan fingerprint density at radius 2 is 1.89 bits per heavy atom. The van der Waals surface area contributed by atoms with Crippen LogP contribution in [0.1, 0.15) is 31.1 Å². The summed E-state index contributed by atoms with van der Waals surface area (Å²) in [6, 6.07) is 5.81. The van der Waals surface area contributed by atoms with Crippen LogP contribution in [0.15, 0.2) is 24.3 Å². The number of anilines is 1. The molecule has 5 N–H and O–H groups in total. The predicted molar refractivity (Wildman–Crippen MR) is 71.0 cm³/mol. The lowest BCUT2D eigenvalue weighted by Gasteiger charge is -2.25. The fourth-order valence-corrected chi connectivity index (χ4v) is 1.36. The van der Waals surface area contributed by atoms with Crippen LogP contribution in [0.3, 0.4) is 0 Å². The lowest BCUT2D eigenvalue weighted by atomic mass is 9.87. The van der Waals surface area contributed by atoms with Gasteiger partial charge in [0.2, 0.25) is 11.8 Å². The van der Waals surface area contributed by atoms with Crippen LogP contribution in [0.4, 0.5) is 5.69 Å². The van der Waals surface area contributed by atoms with Crippen LogP contribution in [0.25, 0.3) is 0 Å². The van der Waals surface area contributed by atoms with Crippen molar-refractivity contribution in [1.82, 2.24) is 0 Å². The molecule has 5 heteroatoms. The maximum absolute atomic E-state index is 11.9. The first kappa shape index (κ1) is 14.2. The maximum atomic E-state index is 11.9. The van der Waals surface area contributed by atoms with Crippen molar-refractivity contribution in [2.45, 2.75) is 26.8 Å². The molecular formula is C13H19N3O2. The zero-order valence-corrected chi connectivity index (χ0v) is 10.9. The van der Waals surface area contributed by atoms with E-state index in [-0.39, 0.29) is 11.3 Å². The summed E-state index contributed by atoms with van der Waals surface area (Å²) < 4.78 is 0. The van der Waals surface area contributed by atoms with E-state index in [0.717, 1.165) is 0 Å². The Morgan fingerprint density at radius 3 is 2.39 bits per heavy atom. The zero-order chi connectivity index (χ0) is 13.9. The first-order valence-corrected chi connectivity index (χ1v) is 5.68. The van der Waals surface area contributed by atoms with Gasteiger partial charge in [-0.3, -0.25) is 9.59 Å². The van der Waals surface area contributed by atoms with E-state index in [9.17, 15) is 9.59 Å². The first-order valence-electron chi connectivity index (χ1n) is 5.68. The highest BCUT2D eigenvalue weighted by Crippen LogP contribution is 2.19. The van der Waals surface area contributed by atoms with Gasteiger partial charge >= 0.3 is 0 Å². The predicted octanol–water partition coefficient (Wildman–Crippen LogP) is 1.10. The van der Waals surface area contributed by atoms with E-state index in [4.69, 9.17) is 11.5 Å². The summed E-state index contributed by atoms with van der Waals surface area (Å²) in [6.45, 7) is 5.66. The zero-order valence-electron chi connectivity index (χ0n) is 10.9. The standard InChI is InChI=1S/C13H19N3O2/c1-13(2,3)10(14)12(18)16-9-6-4-5-8(7-9)11(15)17/h4-7,10H,14H2,1-3H3,(H2,15,17)(H,16,18)/t10-/m1/s1. The number of rotatable bonds is 3. The molecule has 0 radical (unpaired) electrons. The lowest BCUT2D eigenvalue weighted by molar-refractivity contribution is -0.119. The second kappa shape index (κ2) is 5.18. The highest BCUT2D eigenvalue weighted by atomic mass is 16.2. The summed E-state index contributed by atoms with van der Waals surface area (Å²) in [5, 5.41) is 2.67. The van der Waals surface area contributed by atoms with Gasteiger partial charge in [0.05, 0.1) is 6.04 Å². The molecule has 0 aliphatic carbocycles. The molecule has 0 bridgehead atoms. The lowest BCUT2D eigenvalue weighted by Crippen LogP contribution is -2.45. The number of amides is 2. The van der Waals surface area contributed by atoms with Gasteiger partial charge in [-0.2, -0.15) is 0 Å². The minimum Gasteiger partial charge on any atom is -0.366 e. The van der Waals surface area contributed by atoms with E-state index in [1.807, 2.05) is 20.8 Å². The van der Waals surface area contributed by atoms with Gasteiger partial charge in [0.15, 0.2) is 0 Å². The number of hydrogen-bond donors (Lipinski definition) is 3. The minimum atomic E-state index is -0.630. The SMILES string of the molecule is CC(C)(C)[C@H](N)C(=O)Nc1cccc(C(N)=O)c1. The first-order chi connectivity index (χ1) is 8.21. The molecular weight excluding hydrogens is 230 g/mol. The maximum Gasteiger partial charge on any atom is 0.248 e. The van der Waals surface area contributed by atoms with Crippen molar-refractivity contribution in [3.8, 4) is 0 Å². The average Bonchev–Trinajstić information content (AvgIpc) is 2.27. The quantitative estimate of drug-likeness (QED) is 0.748. The number of nitrogens with two attached hydrogens (primary N) is 2. The van der Waals surface area contributed by atoms with Gasteiger partial charge in [0.25, 0.3) is 0 Å². The van der Waals surface area contributed by atoms with Crippen molar-refractivity contribution in [3.63, 3.8) is 0 Å². The molecule has 1 aromatic carbocycles. The Kier molecular flexibility index (Phi) is 4.08. The van der Waals surface area contributed by atoms with Crippen LogP contribution < -0.4 is 16.8 Å².